The molecule has 3 aromatic rings. The van der Waals surface area contributed by atoms with E-state index in [0.717, 1.165) is 6.42 Å². The van der Waals surface area contributed by atoms with Gasteiger partial charge in [0.2, 0.25) is 0 Å². The van der Waals surface area contributed by atoms with Gasteiger partial charge in [-0.3, -0.25) is 9.11 Å². The Morgan fingerprint density at radius 3 is 1.92 bits per heavy atom. The number of hydrogen-bond donors (Lipinski definition) is 2. The summed E-state index contributed by atoms with van der Waals surface area (Å²) in [5.74, 6) is 0. The normalized spacial score (nSPS) is 11.9. The molecule has 0 aromatic heterocycles. The molecule has 0 saturated heterocycles. The summed E-state index contributed by atoms with van der Waals surface area (Å²) in [4.78, 5) is 0. The van der Waals surface area contributed by atoms with E-state index in [1.807, 2.05) is 0 Å². The van der Waals surface area contributed by atoms with Gasteiger partial charge in [-0.25, -0.2) is 0 Å². The van der Waals surface area contributed by atoms with Crippen molar-refractivity contribution in [2.24, 2.45) is 0 Å². The van der Waals surface area contributed by atoms with Crippen LogP contribution in [-0.4, -0.2) is 17.5 Å². The standard InChI is InChI=1S/C19H14.H2O4S/c1-2-7-14(8-3-1)16-11-6-12-18-17-10-5-4-9-15(17)13-19(16)18;1-5(2,3)4/h1-12H,13H2;(H2,1,2,3,4). The lowest BCUT2D eigenvalue weighted by Crippen LogP contribution is -1.89. The highest BCUT2D eigenvalue weighted by atomic mass is 32.3. The molecular formula is C19H16O4S. The molecule has 5 heteroatoms. The van der Waals surface area contributed by atoms with Gasteiger partial charge in [-0.05, 0) is 39.8 Å². The van der Waals surface area contributed by atoms with Crippen molar-refractivity contribution in [3.63, 3.8) is 0 Å². The summed E-state index contributed by atoms with van der Waals surface area (Å²) < 4.78 is 31.6. The molecule has 0 radical (unpaired) electrons. The van der Waals surface area contributed by atoms with E-state index >= 15 is 0 Å². The number of rotatable bonds is 1. The zero-order chi connectivity index (χ0) is 17.2. The molecule has 0 atom stereocenters. The van der Waals surface area contributed by atoms with E-state index in [0.29, 0.717) is 0 Å². The number of fused-ring (bicyclic) bond motifs is 3. The molecule has 0 unspecified atom stereocenters. The van der Waals surface area contributed by atoms with Crippen LogP contribution in [0.2, 0.25) is 0 Å². The second kappa shape index (κ2) is 6.57. The molecular weight excluding hydrogens is 324 g/mol. The Morgan fingerprint density at radius 1 is 0.667 bits per heavy atom. The predicted molar refractivity (Wildman–Crippen MR) is 94.3 cm³/mol. The predicted octanol–water partition coefficient (Wildman–Crippen LogP) is 4.27. The van der Waals surface area contributed by atoms with Gasteiger partial charge in [0.15, 0.2) is 0 Å². The monoisotopic (exact) mass is 340 g/mol. The topological polar surface area (TPSA) is 74.6 Å². The summed E-state index contributed by atoms with van der Waals surface area (Å²) >= 11 is 0. The smallest absolute Gasteiger partial charge is 0.264 e. The Morgan fingerprint density at radius 2 is 1.21 bits per heavy atom. The average molecular weight is 340 g/mol. The van der Waals surface area contributed by atoms with Crippen LogP contribution in [0.1, 0.15) is 11.1 Å². The van der Waals surface area contributed by atoms with Crippen LogP contribution in [-0.2, 0) is 16.8 Å². The molecule has 4 rings (SSSR count). The lowest BCUT2D eigenvalue weighted by molar-refractivity contribution is 0.381. The summed E-state index contributed by atoms with van der Waals surface area (Å²) in [6.07, 6.45) is 1.05. The Hall–Kier alpha value is -2.47. The molecule has 1 aliphatic rings. The summed E-state index contributed by atoms with van der Waals surface area (Å²) in [6, 6.07) is 26.1. The SMILES string of the molecule is O=S(=O)(O)O.c1ccc(-c2cccc3c2Cc2ccccc2-3)cc1. The van der Waals surface area contributed by atoms with Crippen molar-refractivity contribution in [1.82, 2.24) is 0 Å². The quantitative estimate of drug-likeness (QED) is 0.507. The van der Waals surface area contributed by atoms with Gasteiger partial charge in [0.05, 0.1) is 0 Å². The average Bonchev–Trinajstić information content (AvgIpc) is 2.93. The maximum absolute atomic E-state index is 8.74. The van der Waals surface area contributed by atoms with Gasteiger partial charge in [-0.1, -0.05) is 72.8 Å². The first kappa shape index (κ1) is 16.4. The highest BCUT2D eigenvalue weighted by Crippen LogP contribution is 2.41. The van der Waals surface area contributed by atoms with Crippen LogP contribution in [0, 0.1) is 0 Å². The largest absolute Gasteiger partial charge is 0.394 e. The third-order valence-corrected chi connectivity index (χ3v) is 3.94. The molecule has 0 heterocycles. The van der Waals surface area contributed by atoms with Crippen molar-refractivity contribution < 1.29 is 17.5 Å². The fraction of sp³-hybridized carbons (Fsp3) is 0.0526. The lowest BCUT2D eigenvalue weighted by Gasteiger charge is -2.08. The highest BCUT2D eigenvalue weighted by molar-refractivity contribution is 7.79. The number of hydrogen-bond acceptors (Lipinski definition) is 2. The van der Waals surface area contributed by atoms with Crippen molar-refractivity contribution in [3.8, 4) is 22.3 Å². The molecule has 24 heavy (non-hydrogen) atoms. The minimum absolute atomic E-state index is 1.05. The highest BCUT2D eigenvalue weighted by Gasteiger charge is 2.20. The van der Waals surface area contributed by atoms with Gasteiger partial charge >= 0.3 is 10.4 Å². The Balaban J connectivity index is 0.000000300. The van der Waals surface area contributed by atoms with E-state index in [-0.39, 0.29) is 0 Å². The molecule has 0 saturated carbocycles. The second-order valence-electron chi connectivity index (χ2n) is 5.48. The van der Waals surface area contributed by atoms with Crippen molar-refractivity contribution in [1.29, 1.82) is 0 Å². The van der Waals surface area contributed by atoms with E-state index in [1.54, 1.807) is 0 Å². The molecule has 0 fully saturated rings. The van der Waals surface area contributed by atoms with Gasteiger partial charge in [-0.15, -0.1) is 0 Å². The van der Waals surface area contributed by atoms with Gasteiger partial charge in [0.25, 0.3) is 0 Å². The van der Waals surface area contributed by atoms with Gasteiger partial charge < -0.3 is 0 Å². The molecule has 0 spiro atoms. The Bertz CT molecular complexity index is 956. The van der Waals surface area contributed by atoms with Crippen LogP contribution in [0.5, 0.6) is 0 Å². The first-order valence-electron chi connectivity index (χ1n) is 7.39. The van der Waals surface area contributed by atoms with E-state index in [4.69, 9.17) is 17.5 Å². The van der Waals surface area contributed by atoms with Crippen LogP contribution < -0.4 is 0 Å². The van der Waals surface area contributed by atoms with Crippen molar-refractivity contribution in [2.45, 2.75) is 6.42 Å². The van der Waals surface area contributed by atoms with Crippen molar-refractivity contribution in [2.75, 3.05) is 0 Å². The summed E-state index contributed by atoms with van der Waals surface area (Å²) in [6.45, 7) is 0. The second-order valence-corrected chi connectivity index (χ2v) is 6.38. The first-order chi connectivity index (χ1) is 11.4. The van der Waals surface area contributed by atoms with Crippen LogP contribution in [0.4, 0.5) is 0 Å². The summed E-state index contributed by atoms with van der Waals surface area (Å²) in [5, 5.41) is 0. The third-order valence-electron chi connectivity index (χ3n) is 3.94. The molecule has 0 aliphatic heterocycles. The maximum atomic E-state index is 8.74. The molecule has 122 valence electrons. The van der Waals surface area contributed by atoms with E-state index < -0.39 is 10.4 Å². The minimum atomic E-state index is -4.67. The number of benzene rings is 3. The zero-order valence-corrected chi connectivity index (χ0v) is 13.6. The van der Waals surface area contributed by atoms with Crippen molar-refractivity contribution in [3.05, 3.63) is 83.9 Å². The van der Waals surface area contributed by atoms with Crippen LogP contribution in [0.25, 0.3) is 22.3 Å². The van der Waals surface area contributed by atoms with Crippen LogP contribution in [0.3, 0.4) is 0 Å². The maximum Gasteiger partial charge on any atom is 0.394 e. The molecule has 2 N–H and O–H groups in total. The van der Waals surface area contributed by atoms with Gasteiger partial charge in [0, 0.05) is 0 Å². The fourth-order valence-corrected chi connectivity index (χ4v) is 3.05. The molecule has 0 bridgehead atoms. The van der Waals surface area contributed by atoms with E-state index in [2.05, 4.69) is 72.8 Å². The van der Waals surface area contributed by atoms with Crippen LogP contribution in [0.15, 0.2) is 72.8 Å². The lowest BCUT2D eigenvalue weighted by atomic mass is 9.96. The van der Waals surface area contributed by atoms with Crippen molar-refractivity contribution >= 4 is 10.4 Å². The third kappa shape index (κ3) is 3.71. The molecule has 4 nitrogen and oxygen atoms in total. The summed E-state index contributed by atoms with van der Waals surface area (Å²) in [5.41, 5.74) is 8.39. The fourth-order valence-electron chi connectivity index (χ4n) is 3.05. The summed E-state index contributed by atoms with van der Waals surface area (Å²) in [7, 11) is -4.67. The molecule has 0 amide bonds. The Labute approximate surface area is 141 Å². The van der Waals surface area contributed by atoms with Gasteiger partial charge in [0.1, 0.15) is 0 Å². The van der Waals surface area contributed by atoms with Gasteiger partial charge in [-0.2, -0.15) is 8.42 Å². The molecule has 3 aromatic carbocycles. The Kier molecular flexibility index (Phi) is 4.49. The van der Waals surface area contributed by atoms with E-state index in [1.165, 1.54) is 33.4 Å². The zero-order valence-electron chi connectivity index (χ0n) is 12.8. The van der Waals surface area contributed by atoms with E-state index in [9.17, 15) is 0 Å². The minimum Gasteiger partial charge on any atom is -0.264 e. The van der Waals surface area contributed by atoms with Crippen LogP contribution >= 0.6 is 0 Å². The molecule has 1 aliphatic carbocycles. The first-order valence-corrected chi connectivity index (χ1v) is 8.78.